The normalized spacial score (nSPS) is 12.0. The predicted molar refractivity (Wildman–Crippen MR) is 283 cm³/mol. The molecule has 0 unspecified atom stereocenters. The van der Waals surface area contributed by atoms with Gasteiger partial charge in [-0.25, -0.2) is 4.68 Å². The highest BCUT2D eigenvalue weighted by molar-refractivity contribution is 7.85. The Labute approximate surface area is 436 Å². The average molecular weight is 1090 g/mol. The number of carboxylic acids is 2. The van der Waals surface area contributed by atoms with Gasteiger partial charge in [0, 0.05) is 19.3 Å². The number of nitrogens with one attached hydrogen (secondary N) is 1. The van der Waals surface area contributed by atoms with E-state index in [1.54, 1.807) is 41.5 Å². The predicted octanol–water partition coefficient (Wildman–Crippen LogP) is 6.76. The summed E-state index contributed by atoms with van der Waals surface area (Å²) in [5.74, 6) is 0.279. The van der Waals surface area contributed by atoms with Gasteiger partial charge in [0.25, 0.3) is 10.1 Å². The Morgan fingerprint density at radius 2 is 1.10 bits per heavy atom. The third kappa shape index (κ3) is 65.9. The van der Waals surface area contributed by atoms with Crippen molar-refractivity contribution < 1.29 is 62.0 Å². The summed E-state index contributed by atoms with van der Waals surface area (Å²) in [6, 6.07) is 0. The molecule has 0 saturated carbocycles. The summed E-state index contributed by atoms with van der Waals surface area (Å²) in [4.78, 5) is 49.5. The van der Waals surface area contributed by atoms with Crippen LogP contribution in [0.5, 0.6) is 0 Å². The van der Waals surface area contributed by atoms with E-state index in [1.165, 1.54) is 16.4 Å². The standard InChI is InChI=1S/C9H16N4O.C8H14N4O2.C6H12N4.C6H12O2.C5H13BO2.C5H13O3P.C5H12O3S.CH4/c1-7(14)6-13-11-8(10-12-13)5-9(2,3)4;1-8(2,3)4-6-9-10-11-12(6)5-7(13)14;1-6(2,3)4-5-7-9-10-8-5;1-6(2,3)4-5(7)8;1-5(2,3)4-6(7)8;2*1-5(2,3)4-9(6,7)8;/h5-6H2,1-4H3;4-5H2,1-3H3,(H,13,14);4H2,1-3H3,(H,7,8,9,10);4H2,1-3H3,(H,7,8);7-8H,4H2,1-3H3;4H2,1-3H3,(H2,6,7,8);4H2,1-3H3,(H,6,7,8);1H4. The molecule has 0 aromatic carbocycles. The largest absolute Gasteiger partial charge is 0.481 e. The lowest BCUT2D eigenvalue weighted by atomic mass is 9.72. The Kier molecular flexibility index (Phi) is 35.2. The number of Topliss-reactive ketones (excluding diaryl/α,β-unsaturated/α-hetero) is 1. The van der Waals surface area contributed by atoms with E-state index in [2.05, 4.69) is 93.1 Å². The molecule has 3 rings (SSSR count). The fourth-order valence-electron chi connectivity index (χ4n) is 5.06. The van der Waals surface area contributed by atoms with Gasteiger partial charge in [-0.1, -0.05) is 158 Å². The molecule has 0 aliphatic rings. The van der Waals surface area contributed by atoms with Gasteiger partial charge in [0.15, 0.2) is 23.3 Å². The number of carbonyl (C=O) groups is 3. The van der Waals surface area contributed by atoms with Crippen molar-refractivity contribution in [2.75, 3.05) is 11.9 Å². The number of carbonyl (C=O) groups excluding carboxylic acids is 1. The maximum atomic E-state index is 10.8. The van der Waals surface area contributed by atoms with E-state index in [-0.39, 0.29) is 82.5 Å². The molecule has 0 aliphatic heterocycles. The quantitative estimate of drug-likeness (QED) is 0.0558. The first-order chi connectivity index (χ1) is 31.6. The Bertz CT molecular complexity index is 2130. The van der Waals surface area contributed by atoms with Crippen LogP contribution < -0.4 is 0 Å². The Morgan fingerprint density at radius 3 is 1.34 bits per heavy atom. The minimum atomic E-state index is -3.79. The van der Waals surface area contributed by atoms with E-state index in [9.17, 15) is 27.4 Å². The highest BCUT2D eigenvalue weighted by Crippen LogP contribution is 2.41. The van der Waals surface area contributed by atoms with Gasteiger partial charge in [-0.3, -0.25) is 23.5 Å². The maximum Gasteiger partial charge on any atom is 0.451 e. The lowest BCUT2D eigenvalue weighted by molar-refractivity contribution is -0.139. The monoisotopic (exact) mass is 1090 g/mol. The smallest absolute Gasteiger partial charge is 0.451 e. The summed E-state index contributed by atoms with van der Waals surface area (Å²) in [7, 11) is -8.73. The summed E-state index contributed by atoms with van der Waals surface area (Å²) in [5.41, 5.74) is -0.258. The van der Waals surface area contributed by atoms with Crippen molar-refractivity contribution in [1.82, 2.24) is 61.0 Å². The number of carboxylic acid groups (broad SMARTS) is 2. The van der Waals surface area contributed by atoms with Gasteiger partial charge in [0.2, 0.25) is 0 Å². The number of hydrogen-bond donors (Lipinski definition) is 8. The molecule has 3 heterocycles. The first-order valence-electron chi connectivity index (χ1n) is 23.1. The maximum absolute atomic E-state index is 10.8. The SMILES string of the molecule is C.CC(=O)Cn1nnc(CC(C)(C)C)n1.CC(C)(C)CB(O)O.CC(C)(C)CC(=O)O.CC(C)(C)CP(=O)(O)O.CC(C)(C)CS(=O)(=O)O.CC(C)(C)Cc1nn[nH]n1.CC(C)(C)Cc1nnnn1CC(=O)O. The molecule has 0 atom stereocenters. The zero-order valence-electron chi connectivity index (χ0n) is 47.3. The van der Waals surface area contributed by atoms with Gasteiger partial charge in [0.1, 0.15) is 13.1 Å². The number of aromatic amines is 1. The molecule has 28 heteroatoms. The molecule has 0 saturated heterocycles. The van der Waals surface area contributed by atoms with Crippen LogP contribution in [0.15, 0.2) is 0 Å². The second kappa shape index (κ2) is 33.0. The van der Waals surface area contributed by atoms with E-state index in [0.29, 0.717) is 24.4 Å². The van der Waals surface area contributed by atoms with Crippen molar-refractivity contribution in [3.05, 3.63) is 17.5 Å². The van der Waals surface area contributed by atoms with Crippen molar-refractivity contribution in [3.8, 4) is 0 Å². The fraction of sp³-hybridized carbons (Fsp3) is 0.867. The third-order valence-corrected chi connectivity index (χ3v) is 9.57. The van der Waals surface area contributed by atoms with Gasteiger partial charge in [0.05, 0.1) is 18.3 Å². The van der Waals surface area contributed by atoms with Gasteiger partial charge in [-0.15, -0.1) is 25.5 Å². The summed E-state index contributed by atoms with van der Waals surface area (Å²) >= 11 is 0. The molecule has 0 bridgehead atoms. The Hall–Kier alpha value is -4.14. The Morgan fingerprint density at radius 1 is 0.630 bits per heavy atom. The molecule has 3 aromatic rings. The molecule has 73 heavy (non-hydrogen) atoms. The Balaban J connectivity index is -0.000000249. The molecular formula is C45H96BN12O13PS. The van der Waals surface area contributed by atoms with Crippen LogP contribution >= 0.6 is 7.60 Å². The number of tetrazole rings is 3. The van der Waals surface area contributed by atoms with Crippen molar-refractivity contribution in [2.45, 2.75) is 205 Å². The summed E-state index contributed by atoms with van der Waals surface area (Å²) in [5, 5.41) is 70.0. The van der Waals surface area contributed by atoms with Crippen molar-refractivity contribution in [3.63, 3.8) is 0 Å². The van der Waals surface area contributed by atoms with Crippen LogP contribution in [0, 0.1) is 37.9 Å². The summed E-state index contributed by atoms with van der Waals surface area (Å²) in [6.45, 7) is 42.7. The number of ketones is 1. The minimum absolute atomic E-state index is 0. The first-order valence-corrected chi connectivity index (χ1v) is 26.5. The number of H-pyrrole nitrogens is 1. The van der Waals surface area contributed by atoms with E-state index >= 15 is 0 Å². The molecule has 8 N–H and O–H groups in total. The van der Waals surface area contributed by atoms with Crippen LogP contribution in [0.4, 0.5) is 0 Å². The van der Waals surface area contributed by atoms with Crippen LogP contribution in [-0.2, 0) is 61.4 Å². The van der Waals surface area contributed by atoms with E-state index in [1.807, 2.05) is 62.3 Å². The highest BCUT2D eigenvalue weighted by Gasteiger charge is 2.24. The third-order valence-electron chi connectivity index (χ3n) is 6.98. The second-order valence-electron chi connectivity index (χ2n) is 25.7. The molecule has 0 fully saturated rings. The van der Waals surface area contributed by atoms with Gasteiger partial charge in [-0.05, 0) is 66.8 Å². The number of aromatic nitrogens is 12. The molecule has 25 nitrogen and oxygen atoms in total. The first kappa shape index (κ1) is 77.8. The van der Waals surface area contributed by atoms with Crippen LogP contribution in [0.2, 0.25) is 6.32 Å². The minimum Gasteiger partial charge on any atom is -0.481 e. The van der Waals surface area contributed by atoms with Gasteiger partial charge >= 0.3 is 26.7 Å². The number of rotatable bonds is 11. The topological polar surface area (TPSA) is 386 Å². The van der Waals surface area contributed by atoms with Crippen molar-refractivity contribution in [1.29, 1.82) is 0 Å². The summed E-state index contributed by atoms with van der Waals surface area (Å²) in [6.07, 6.45) is 2.93. The lowest BCUT2D eigenvalue weighted by Gasteiger charge is -2.17. The van der Waals surface area contributed by atoms with Crippen LogP contribution in [0.25, 0.3) is 0 Å². The zero-order valence-corrected chi connectivity index (χ0v) is 49.0. The zero-order chi connectivity index (χ0) is 58.1. The van der Waals surface area contributed by atoms with Crippen LogP contribution in [0.1, 0.15) is 184 Å². The second-order valence-corrected chi connectivity index (χ2v) is 28.8. The average Bonchev–Trinajstić information content (AvgIpc) is 3.78. The molecule has 0 spiro atoms. The number of nitrogens with zero attached hydrogens (tertiary/aromatic N) is 11. The molecule has 0 aliphatic carbocycles. The molecule has 0 radical (unpaired) electrons. The molecule has 3 aromatic heterocycles. The van der Waals surface area contributed by atoms with E-state index in [4.69, 9.17) is 34.6 Å². The van der Waals surface area contributed by atoms with E-state index in [0.717, 1.165) is 18.7 Å². The molecule has 428 valence electrons. The van der Waals surface area contributed by atoms with Crippen LogP contribution in [0.3, 0.4) is 0 Å². The van der Waals surface area contributed by atoms with Crippen molar-refractivity contribution in [2.24, 2.45) is 37.9 Å². The lowest BCUT2D eigenvalue weighted by Crippen LogP contribution is -2.19. The van der Waals surface area contributed by atoms with E-state index < -0.39 is 36.8 Å². The number of hydrogen-bond acceptors (Lipinski definition) is 17. The highest BCUT2D eigenvalue weighted by atomic mass is 32.2. The van der Waals surface area contributed by atoms with Crippen LogP contribution in [-0.4, -0.2) is 141 Å². The van der Waals surface area contributed by atoms with Crippen molar-refractivity contribution >= 4 is 42.6 Å². The van der Waals surface area contributed by atoms with Gasteiger partial charge in [-0.2, -0.15) is 18.4 Å². The fourth-order valence-corrected chi connectivity index (χ4v) is 7.39. The molecule has 0 amide bonds. The summed E-state index contributed by atoms with van der Waals surface area (Å²) < 4.78 is 40.4. The number of aliphatic carboxylic acids is 2. The molecular weight excluding hydrogens is 990 g/mol. The van der Waals surface area contributed by atoms with Gasteiger partial charge < -0.3 is 30.0 Å².